The quantitative estimate of drug-likeness (QED) is 0.186. The van der Waals surface area contributed by atoms with Crippen LogP contribution in [0.2, 0.25) is 0 Å². The fourth-order valence-electron chi connectivity index (χ4n) is 1.86. The van der Waals surface area contributed by atoms with Gasteiger partial charge in [-0.25, -0.2) is 13.1 Å². The highest BCUT2D eigenvalue weighted by Gasteiger charge is 2.22. The molecule has 6 nitrogen and oxygen atoms in total. The van der Waals surface area contributed by atoms with Crippen LogP contribution in [0.3, 0.4) is 0 Å². The Hall–Kier alpha value is -0.350. The number of hydrogen-bond acceptors (Lipinski definition) is 3. The highest BCUT2D eigenvalue weighted by molar-refractivity contribution is 14.0. The summed E-state index contributed by atoms with van der Waals surface area (Å²) in [4.78, 5) is 6.57. The Bertz CT molecular complexity index is 450. The fraction of sp³-hybridized carbons (Fsp3) is 0.786. The smallest absolute Gasteiger partial charge is 0.209 e. The molecule has 0 atom stereocenters. The lowest BCUT2D eigenvalue weighted by Gasteiger charge is -2.26. The second-order valence-electron chi connectivity index (χ2n) is 5.78. The summed E-state index contributed by atoms with van der Waals surface area (Å²) >= 11 is 0. The van der Waals surface area contributed by atoms with Crippen LogP contribution < -0.4 is 10.0 Å². The van der Waals surface area contributed by atoms with Crippen LogP contribution in [0.4, 0.5) is 0 Å². The van der Waals surface area contributed by atoms with Gasteiger partial charge in [0.15, 0.2) is 5.96 Å². The summed E-state index contributed by atoms with van der Waals surface area (Å²) in [6.45, 7) is 11.4. The molecule has 2 N–H and O–H groups in total. The third kappa shape index (κ3) is 12.2. The average molecular weight is 446 g/mol. The standard InChI is InChI=1S/C14H30N4O2S.HI/c1-7-9-10-11-18(5)13(15-8-2)16-12-14(3,4)17-21(6,19)20;/h7,17H,1,8-12H2,2-6H3,(H,15,16);1H. The van der Waals surface area contributed by atoms with Gasteiger partial charge in [-0.1, -0.05) is 6.08 Å². The second-order valence-corrected chi connectivity index (χ2v) is 7.53. The first-order chi connectivity index (χ1) is 9.61. The zero-order valence-corrected chi connectivity index (χ0v) is 17.5. The number of nitrogens with zero attached hydrogens (tertiary/aromatic N) is 2. The van der Waals surface area contributed by atoms with Crippen LogP contribution in [0.5, 0.6) is 0 Å². The van der Waals surface area contributed by atoms with Gasteiger partial charge >= 0.3 is 0 Å². The number of aliphatic imine (C=N–C) groups is 1. The third-order valence-electron chi connectivity index (χ3n) is 2.68. The molecule has 0 aromatic rings. The molecule has 8 heteroatoms. The van der Waals surface area contributed by atoms with Crippen molar-refractivity contribution < 1.29 is 8.42 Å². The van der Waals surface area contributed by atoms with Crippen molar-refractivity contribution >= 4 is 40.0 Å². The molecule has 0 aliphatic heterocycles. The molecule has 0 saturated heterocycles. The van der Waals surface area contributed by atoms with Gasteiger partial charge in [0, 0.05) is 25.7 Å². The Morgan fingerprint density at radius 3 is 2.45 bits per heavy atom. The van der Waals surface area contributed by atoms with E-state index in [2.05, 4.69) is 21.6 Å². The predicted molar refractivity (Wildman–Crippen MR) is 106 cm³/mol. The van der Waals surface area contributed by atoms with Gasteiger partial charge in [-0.05, 0) is 33.6 Å². The molecule has 0 saturated carbocycles. The number of rotatable bonds is 9. The molecule has 132 valence electrons. The monoisotopic (exact) mass is 446 g/mol. The summed E-state index contributed by atoms with van der Waals surface area (Å²) in [5.41, 5.74) is -0.615. The Morgan fingerprint density at radius 1 is 1.41 bits per heavy atom. The highest BCUT2D eigenvalue weighted by Crippen LogP contribution is 2.05. The molecule has 0 rings (SSSR count). The summed E-state index contributed by atoms with van der Waals surface area (Å²) in [5, 5.41) is 3.22. The molecule has 0 radical (unpaired) electrons. The van der Waals surface area contributed by atoms with E-state index in [1.165, 1.54) is 0 Å². The molecule has 0 heterocycles. The Kier molecular flexibility index (Phi) is 12.2. The van der Waals surface area contributed by atoms with Crippen molar-refractivity contribution in [1.82, 2.24) is 14.9 Å². The van der Waals surface area contributed by atoms with Gasteiger partial charge in [-0.15, -0.1) is 30.6 Å². The van der Waals surface area contributed by atoms with Crippen molar-refractivity contribution in [2.45, 2.75) is 39.2 Å². The second kappa shape index (κ2) is 11.2. The van der Waals surface area contributed by atoms with Crippen LogP contribution in [0.1, 0.15) is 33.6 Å². The fourth-order valence-corrected chi connectivity index (χ4v) is 2.92. The van der Waals surface area contributed by atoms with Crippen LogP contribution >= 0.6 is 24.0 Å². The summed E-state index contributed by atoms with van der Waals surface area (Å²) in [7, 11) is -1.27. The van der Waals surface area contributed by atoms with E-state index in [0.717, 1.165) is 38.1 Å². The zero-order chi connectivity index (χ0) is 16.5. The van der Waals surface area contributed by atoms with E-state index >= 15 is 0 Å². The van der Waals surface area contributed by atoms with Crippen molar-refractivity contribution in [3.8, 4) is 0 Å². The van der Waals surface area contributed by atoms with Crippen LogP contribution in [0.15, 0.2) is 17.6 Å². The van der Waals surface area contributed by atoms with Crippen LogP contribution in [0.25, 0.3) is 0 Å². The van der Waals surface area contributed by atoms with E-state index in [4.69, 9.17) is 0 Å². The van der Waals surface area contributed by atoms with Crippen molar-refractivity contribution in [2.75, 3.05) is 32.9 Å². The molecule has 0 aliphatic carbocycles. The molecule has 0 unspecified atom stereocenters. The van der Waals surface area contributed by atoms with Crippen molar-refractivity contribution in [1.29, 1.82) is 0 Å². The highest BCUT2D eigenvalue weighted by atomic mass is 127. The molecule has 0 aromatic carbocycles. The van der Waals surface area contributed by atoms with E-state index in [-0.39, 0.29) is 24.0 Å². The average Bonchev–Trinajstić information content (AvgIpc) is 2.31. The van der Waals surface area contributed by atoms with Gasteiger partial charge in [0.05, 0.1) is 12.8 Å². The maximum atomic E-state index is 11.3. The number of guanidine groups is 1. The molecule has 0 aromatic heterocycles. The minimum atomic E-state index is -3.24. The number of hydrogen-bond donors (Lipinski definition) is 2. The lowest BCUT2D eigenvalue weighted by atomic mass is 10.1. The minimum absolute atomic E-state index is 0. The first-order valence-electron chi connectivity index (χ1n) is 7.20. The Balaban J connectivity index is 0. The molecule has 0 aliphatic rings. The molecule has 0 amide bonds. The maximum absolute atomic E-state index is 11.3. The van der Waals surface area contributed by atoms with Crippen molar-refractivity contribution in [3.63, 3.8) is 0 Å². The van der Waals surface area contributed by atoms with Gasteiger partial charge in [0.25, 0.3) is 0 Å². The van der Waals surface area contributed by atoms with Crippen molar-refractivity contribution in [2.24, 2.45) is 4.99 Å². The molecule has 0 spiro atoms. The van der Waals surface area contributed by atoms with E-state index in [9.17, 15) is 8.42 Å². The van der Waals surface area contributed by atoms with Crippen LogP contribution in [-0.4, -0.2) is 57.8 Å². The van der Waals surface area contributed by atoms with E-state index in [0.29, 0.717) is 6.54 Å². The number of nitrogens with one attached hydrogen (secondary N) is 2. The molecule has 0 bridgehead atoms. The number of sulfonamides is 1. The first-order valence-corrected chi connectivity index (χ1v) is 9.09. The molecule has 0 fully saturated rings. The topological polar surface area (TPSA) is 73.8 Å². The molecular formula is C14H31IN4O2S. The van der Waals surface area contributed by atoms with E-state index in [1.807, 2.05) is 38.8 Å². The third-order valence-corrected chi connectivity index (χ3v) is 3.61. The predicted octanol–water partition coefficient (Wildman–Crippen LogP) is 1.80. The van der Waals surface area contributed by atoms with Gasteiger partial charge in [0.1, 0.15) is 0 Å². The molecular weight excluding hydrogens is 415 g/mol. The minimum Gasteiger partial charge on any atom is -0.357 e. The number of halogens is 1. The maximum Gasteiger partial charge on any atom is 0.209 e. The first kappa shape index (κ1) is 23.9. The summed E-state index contributed by atoms with van der Waals surface area (Å²) < 4.78 is 25.3. The Labute approximate surface area is 152 Å². The lowest BCUT2D eigenvalue weighted by molar-refractivity contribution is 0.444. The van der Waals surface area contributed by atoms with Crippen molar-refractivity contribution in [3.05, 3.63) is 12.7 Å². The zero-order valence-electron chi connectivity index (χ0n) is 14.3. The summed E-state index contributed by atoms with van der Waals surface area (Å²) in [6.07, 6.45) is 5.03. The SMILES string of the molecule is C=CCCCN(C)C(=NCC(C)(C)NS(C)(=O)=O)NCC.I. The van der Waals surface area contributed by atoms with Crippen LogP contribution in [0, 0.1) is 0 Å². The molecule has 22 heavy (non-hydrogen) atoms. The van der Waals surface area contributed by atoms with Crippen LogP contribution in [-0.2, 0) is 10.0 Å². The normalized spacial score (nSPS) is 12.5. The summed E-state index contributed by atoms with van der Waals surface area (Å²) in [5.74, 6) is 0.782. The number of unbranched alkanes of at least 4 members (excludes halogenated alkanes) is 1. The van der Waals surface area contributed by atoms with Gasteiger partial charge in [0.2, 0.25) is 10.0 Å². The lowest BCUT2D eigenvalue weighted by Crippen LogP contribution is -2.47. The van der Waals surface area contributed by atoms with E-state index < -0.39 is 15.6 Å². The largest absolute Gasteiger partial charge is 0.357 e. The van der Waals surface area contributed by atoms with Gasteiger partial charge in [-0.2, -0.15) is 0 Å². The number of allylic oxidation sites excluding steroid dienone is 1. The Morgan fingerprint density at radius 2 is 2.00 bits per heavy atom. The van der Waals surface area contributed by atoms with Gasteiger partial charge in [-0.3, -0.25) is 4.99 Å². The van der Waals surface area contributed by atoms with E-state index in [1.54, 1.807) is 0 Å². The van der Waals surface area contributed by atoms with Gasteiger partial charge < -0.3 is 10.2 Å². The summed E-state index contributed by atoms with van der Waals surface area (Å²) in [6, 6.07) is 0.